The summed E-state index contributed by atoms with van der Waals surface area (Å²) in [6.07, 6.45) is 1.76. The third kappa shape index (κ3) is 4.55. The van der Waals surface area contributed by atoms with E-state index in [1.165, 1.54) is 0 Å². The Kier molecular flexibility index (Phi) is 5.44. The first-order valence-electron chi connectivity index (χ1n) is 9.49. The Balaban J connectivity index is 1.40. The van der Waals surface area contributed by atoms with E-state index in [9.17, 15) is 4.79 Å². The van der Waals surface area contributed by atoms with Crippen LogP contribution in [0.25, 0.3) is 0 Å². The maximum absolute atomic E-state index is 12.4. The van der Waals surface area contributed by atoms with Gasteiger partial charge in [-0.15, -0.1) is 5.10 Å². The van der Waals surface area contributed by atoms with Crippen LogP contribution < -0.4 is 15.5 Å². The first kappa shape index (κ1) is 18.9. The topological polar surface area (TPSA) is 92.5 Å². The summed E-state index contributed by atoms with van der Waals surface area (Å²) in [6, 6.07) is 11.1. The van der Waals surface area contributed by atoms with Crippen LogP contribution in [0.4, 0.5) is 22.9 Å². The Morgan fingerprint density at radius 3 is 2.48 bits per heavy atom. The number of nitrogens with one attached hydrogen (secondary N) is 2. The van der Waals surface area contributed by atoms with Crippen molar-refractivity contribution in [2.45, 2.75) is 13.8 Å². The molecule has 3 aromatic rings. The third-order valence-corrected chi connectivity index (χ3v) is 4.72. The van der Waals surface area contributed by atoms with Crippen molar-refractivity contribution in [1.29, 1.82) is 0 Å². The lowest BCUT2D eigenvalue weighted by atomic mass is 10.2. The largest absolute Gasteiger partial charge is 0.466 e. The second kappa shape index (κ2) is 8.32. The molecule has 0 saturated carbocycles. The molecule has 0 bridgehead atoms. The average molecular weight is 393 g/mol. The van der Waals surface area contributed by atoms with E-state index >= 15 is 0 Å². The normalized spacial score (nSPS) is 13.9. The van der Waals surface area contributed by atoms with E-state index < -0.39 is 0 Å². The minimum Gasteiger partial charge on any atom is -0.466 e. The Morgan fingerprint density at radius 1 is 1.07 bits per heavy atom. The molecule has 1 amide bonds. The molecule has 0 aliphatic carbocycles. The number of aryl methyl sites for hydroxylation is 2. The summed E-state index contributed by atoms with van der Waals surface area (Å²) in [7, 11) is 0. The van der Waals surface area contributed by atoms with Crippen molar-refractivity contribution in [3.63, 3.8) is 0 Å². The molecule has 8 nitrogen and oxygen atoms in total. The highest BCUT2D eigenvalue weighted by Gasteiger charge is 2.14. The summed E-state index contributed by atoms with van der Waals surface area (Å²) in [5, 5.41) is 14.4. The van der Waals surface area contributed by atoms with Gasteiger partial charge in [-0.2, -0.15) is 5.10 Å². The Labute approximate surface area is 168 Å². The molecule has 150 valence electrons. The quantitative estimate of drug-likeness (QED) is 0.685. The highest BCUT2D eigenvalue weighted by atomic mass is 16.5. The molecule has 29 heavy (non-hydrogen) atoms. The lowest BCUT2D eigenvalue weighted by Crippen LogP contribution is -2.36. The SMILES string of the molecule is Cc1cc(C(=O)Nc2ccc(Nc3cc(N4CCOCC4)cnn3)cc2)c(C)o1. The number of benzene rings is 1. The van der Waals surface area contributed by atoms with Crippen LogP contribution in [-0.2, 0) is 4.74 Å². The van der Waals surface area contributed by atoms with Crippen molar-refractivity contribution >= 4 is 28.8 Å². The molecule has 8 heteroatoms. The highest BCUT2D eigenvalue weighted by Crippen LogP contribution is 2.22. The molecule has 0 spiro atoms. The number of hydrogen-bond donors (Lipinski definition) is 2. The molecule has 1 fully saturated rings. The van der Waals surface area contributed by atoms with Crippen molar-refractivity contribution in [2.24, 2.45) is 0 Å². The maximum Gasteiger partial charge on any atom is 0.259 e. The number of ether oxygens (including phenoxy) is 1. The summed E-state index contributed by atoms with van der Waals surface area (Å²) in [5.41, 5.74) is 3.11. The lowest BCUT2D eigenvalue weighted by molar-refractivity contribution is 0.102. The monoisotopic (exact) mass is 393 g/mol. The van der Waals surface area contributed by atoms with Gasteiger partial charge in [0.05, 0.1) is 30.7 Å². The van der Waals surface area contributed by atoms with E-state index in [4.69, 9.17) is 9.15 Å². The first-order valence-corrected chi connectivity index (χ1v) is 9.49. The summed E-state index contributed by atoms with van der Waals surface area (Å²) in [5.74, 6) is 1.80. The van der Waals surface area contributed by atoms with Crippen molar-refractivity contribution < 1.29 is 13.9 Å². The fourth-order valence-corrected chi connectivity index (χ4v) is 3.25. The zero-order valence-corrected chi connectivity index (χ0v) is 16.4. The van der Waals surface area contributed by atoms with Gasteiger partial charge >= 0.3 is 0 Å². The Morgan fingerprint density at radius 2 is 1.79 bits per heavy atom. The smallest absolute Gasteiger partial charge is 0.259 e. The van der Waals surface area contributed by atoms with Gasteiger partial charge in [-0.1, -0.05) is 0 Å². The van der Waals surface area contributed by atoms with Gasteiger partial charge in [-0.05, 0) is 44.2 Å². The molecule has 1 aromatic carbocycles. The van der Waals surface area contributed by atoms with E-state index in [1.54, 1.807) is 19.2 Å². The zero-order chi connectivity index (χ0) is 20.2. The molecule has 1 aliphatic rings. The zero-order valence-electron chi connectivity index (χ0n) is 16.4. The number of carbonyl (C=O) groups is 1. The van der Waals surface area contributed by atoms with E-state index in [-0.39, 0.29) is 5.91 Å². The third-order valence-electron chi connectivity index (χ3n) is 4.72. The molecule has 2 N–H and O–H groups in total. The van der Waals surface area contributed by atoms with E-state index in [2.05, 4.69) is 25.7 Å². The van der Waals surface area contributed by atoms with Gasteiger partial charge in [-0.3, -0.25) is 4.79 Å². The number of hydrogen-bond acceptors (Lipinski definition) is 7. The molecule has 4 rings (SSSR count). The number of nitrogens with zero attached hydrogens (tertiary/aromatic N) is 3. The van der Waals surface area contributed by atoms with Crippen LogP contribution >= 0.6 is 0 Å². The van der Waals surface area contributed by atoms with Gasteiger partial charge < -0.3 is 24.7 Å². The summed E-state index contributed by atoms with van der Waals surface area (Å²) in [4.78, 5) is 14.6. The number of furan rings is 1. The molecule has 1 saturated heterocycles. The number of aromatic nitrogens is 2. The molecule has 0 unspecified atom stereocenters. The number of amides is 1. The van der Waals surface area contributed by atoms with Crippen LogP contribution in [0.2, 0.25) is 0 Å². The van der Waals surface area contributed by atoms with Crippen LogP contribution in [-0.4, -0.2) is 42.4 Å². The van der Waals surface area contributed by atoms with Crippen LogP contribution in [0.1, 0.15) is 21.9 Å². The number of rotatable bonds is 5. The minimum absolute atomic E-state index is 0.191. The van der Waals surface area contributed by atoms with Gasteiger partial charge in [0, 0.05) is 30.5 Å². The van der Waals surface area contributed by atoms with Gasteiger partial charge in [0.15, 0.2) is 5.82 Å². The summed E-state index contributed by atoms with van der Waals surface area (Å²) in [6.45, 7) is 6.72. The second-order valence-corrected chi connectivity index (χ2v) is 6.88. The predicted molar refractivity (Wildman–Crippen MR) is 111 cm³/mol. The number of carbonyl (C=O) groups excluding carboxylic acids is 1. The average Bonchev–Trinajstić information content (AvgIpc) is 3.08. The molecule has 0 radical (unpaired) electrons. The number of anilines is 4. The Bertz CT molecular complexity index is 994. The summed E-state index contributed by atoms with van der Waals surface area (Å²) < 4.78 is 10.8. The molecule has 1 aliphatic heterocycles. The fourth-order valence-electron chi connectivity index (χ4n) is 3.25. The fraction of sp³-hybridized carbons (Fsp3) is 0.286. The van der Waals surface area contributed by atoms with Gasteiger partial charge in [0.25, 0.3) is 5.91 Å². The van der Waals surface area contributed by atoms with Crippen LogP contribution in [0, 0.1) is 13.8 Å². The van der Waals surface area contributed by atoms with Crippen molar-refractivity contribution in [1.82, 2.24) is 10.2 Å². The molecule has 0 atom stereocenters. The molecule has 3 heterocycles. The summed E-state index contributed by atoms with van der Waals surface area (Å²) >= 11 is 0. The van der Waals surface area contributed by atoms with Gasteiger partial charge in [-0.25, -0.2) is 0 Å². The lowest BCUT2D eigenvalue weighted by Gasteiger charge is -2.28. The van der Waals surface area contributed by atoms with E-state index in [1.807, 2.05) is 37.3 Å². The first-order chi connectivity index (χ1) is 14.1. The maximum atomic E-state index is 12.4. The van der Waals surface area contributed by atoms with Gasteiger partial charge in [0.2, 0.25) is 0 Å². The van der Waals surface area contributed by atoms with Crippen LogP contribution in [0.5, 0.6) is 0 Å². The molecule has 2 aromatic heterocycles. The van der Waals surface area contributed by atoms with Gasteiger partial charge in [0.1, 0.15) is 11.5 Å². The van der Waals surface area contributed by atoms with Crippen molar-refractivity contribution in [2.75, 3.05) is 41.8 Å². The van der Waals surface area contributed by atoms with Crippen molar-refractivity contribution in [3.8, 4) is 0 Å². The Hall–Kier alpha value is -3.39. The van der Waals surface area contributed by atoms with E-state index in [0.29, 0.717) is 28.6 Å². The minimum atomic E-state index is -0.191. The second-order valence-electron chi connectivity index (χ2n) is 6.88. The molecular weight excluding hydrogens is 370 g/mol. The van der Waals surface area contributed by atoms with Crippen LogP contribution in [0.15, 0.2) is 47.0 Å². The standard InChI is InChI=1S/C21H23N5O3/c1-14-11-19(15(2)29-14)21(27)24-17-5-3-16(4-6-17)23-20-12-18(13-22-25-20)26-7-9-28-10-8-26/h3-6,11-13H,7-10H2,1-2H3,(H,23,25)(H,24,27). The molecular formula is C21H23N5O3. The van der Waals surface area contributed by atoms with Crippen LogP contribution in [0.3, 0.4) is 0 Å². The number of morpholine rings is 1. The van der Waals surface area contributed by atoms with E-state index in [0.717, 1.165) is 37.7 Å². The predicted octanol–water partition coefficient (Wildman–Crippen LogP) is 3.52. The van der Waals surface area contributed by atoms with Crippen molar-refractivity contribution in [3.05, 3.63) is 59.7 Å². The highest BCUT2D eigenvalue weighted by molar-refractivity contribution is 6.05.